The number of hydrogen-bond donors (Lipinski definition) is 2. The first-order valence-electron chi connectivity index (χ1n) is 4.31. The monoisotopic (exact) mass is 207 g/mol. The minimum Gasteiger partial charge on any atom is -0.504 e. The highest BCUT2D eigenvalue weighted by Crippen LogP contribution is 2.19. The summed E-state index contributed by atoms with van der Waals surface area (Å²) in [6.07, 6.45) is 1.57. The van der Waals surface area contributed by atoms with Crippen molar-refractivity contribution in [3.63, 3.8) is 0 Å². The Kier molecular flexibility index (Phi) is 2.07. The van der Waals surface area contributed by atoms with E-state index in [1.165, 1.54) is 19.2 Å². The van der Waals surface area contributed by atoms with Crippen LogP contribution in [0.5, 0.6) is 11.5 Å². The van der Waals surface area contributed by atoms with E-state index in [9.17, 15) is 15.0 Å². The van der Waals surface area contributed by atoms with E-state index in [1.807, 2.05) is 0 Å². The van der Waals surface area contributed by atoms with Crippen LogP contribution in [0.15, 0.2) is 17.1 Å². The Morgan fingerprint density at radius 3 is 2.73 bits per heavy atom. The smallest absolute Gasteiger partial charge is 0.334 e. The van der Waals surface area contributed by atoms with Crippen LogP contribution in [-0.4, -0.2) is 29.3 Å². The molecule has 1 aliphatic rings. The van der Waals surface area contributed by atoms with Gasteiger partial charge in [-0.05, 0) is 12.1 Å². The molecule has 0 aromatic heterocycles. The number of nitrogens with zero attached hydrogens (tertiary/aromatic N) is 1. The molecule has 0 saturated heterocycles. The summed E-state index contributed by atoms with van der Waals surface area (Å²) in [5, 5.41) is 19.5. The number of carbonyl (C=O) groups excluding carboxylic acids is 1. The maximum atomic E-state index is 11.2. The molecule has 15 heavy (non-hydrogen) atoms. The lowest BCUT2D eigenvalue weighted by Gasteiger charge is -1.99. The number of carbonyl (C=O) groups is 1. The summed E-state index contributed by atoms with van der Waals surface area (Å²) >= 11 is 0. The van der Waals surface area contributed by atoms with E-state index in [-0.39, 0.29) is 11.5 Å². The summed E-state index contributed by atoms with van der Waals surface area (Å²) in [7, 11) is 1.28. The number of fused-ring (bicyclic) bond motifs is 1. The Hall–Kier alpha value is -2.04. The molecule has 0 radical (unpaired) electrons. The third kappa shape index (κ3) is 1.52. The fraction of sp³-hybridized carbons (Fsp3) is 0.200. The summed E-state index contributed by atoms with van der Waals surface area (Å²) in [6, 6.07) is 1.98. The summed E-state index contributed by atoms with van der Waals surface area (Å²) in [6.45, 7) is 0. The minimum atomic E-state index is -0.689. The van der Waals surface area contributed by atoms with Gasteiger partial charge in [0.15, 0.2) is 17.5 Å². The maximum Gasteiger partial charge on any atom is 0.334 e. The van der Waals surface area contributed by atoms with E-state index in [2.05, 4.69) is 9.73 Å². The molecule has 0 saturated carbocycles. The van der Waals surface area contributed by atoms with Gasteiger partial charge >= 0.3 is 5.97 Å². The Balaban J connectivity index is 2.54. The van der Waals surface area contributed by atoms with Crippen molar-refractivity contribution in [2.24, 2.45) is 4.99 Å². The van der Waals surface area contributed by atoms with Crippen LogP contribution in [0.3, 0.4) is 0 Å². The van der Waals surface area contributed by atoms with E-state index >= 15 is 0 Å². The lowest BCUT2D eigenvalue weighted by atomic mass is 10.2. The number of phenolic OH excluding ortho intramolecular Hbond substituents is 2. The van der Waals surface area contributed by atoms with Crippen molar-refractivity contribution >= 4 is 12.0 Å². The van der Waals surface area contributed by atoms with Crippen molar-refractivity contribution in [1.29, 1.82) is 0 Å². The zero-order chi connectivity index (χ0) is 11.0. The van der Waals surface area contributed by atoms with Gasteiger partial charge in [-0.15, -0.1) is 0 Å². The molecule has 1 atom stereocenters. The van der Waals surface area contributed by atoms with Gasteiger partial charge in [0.2, 0.25) is 0 Å². The van der Waals surface area contributed by atoms with Crippen molar-refractivity contribution < 1.29 is 19.7 Å². The first kappa shape index (κ1) is 9.51. The molecule has 1 aromatic carbocycles. The number of phenols is 2. The Morgan fingerprint density at radius 2 is 2.07 bits per heavy atom. The minimum absolute atomic E-state index is 0.231. The van der Waals surface area contributed by atoms with E-state index in [0.717, 1.165) is 0 Å². The van der Waals surface area contributed by atoms with E-state index in [0.29, 0.717) is 10.6 Å². The number of benzene rings is 1. The summed E-state index contributed by atoms with van der Waals surface area (Å²) < 4.78 is 4.54. The second-order valence-electron chi connectivity index (χ2n) is 3.16. The fourth-order valence-electron chi connectivity index (χ4n) is 1.43. The molecule has 1 heterocycles. The quantitative estimate of drug-likeness (QED) is 0.460. The molecule has 1 aliphatic heterocycles. The Morgan fingerprint density at radius 1 is 1.40 bits per heavy atom. The number of esters is 1. The molecule has 2 rings (SSSR count). The van der Waals surface area contributed by atoms with Crippen molar-refractivity contribution in [3.8, 4) is 11.5 Å². The largest absolute Gasteiger partial charge is 0.504 e. The van der Waals surface area contributed by atoms with Gasteiger partial charge in [0.25, 0.3) is 0 Å². The van der Waals surface area contributed by atoms with Crippen molar-refractivity contribution in [3.05, 3.63) is 22.7 Å². The SMILES string of the molecule is COC(=O)[C@H]1C=c2cc(O)c(O)cc2=N1. The zero-order valence-corrected chi connectivity index (χ0v) is 7.97. The molecule has 5 heteroatoms. The number of aromatic hydroxyl groups is 2. The van der Waals surface area contributed by atoms with Gasteiger partial charge in [-0.25, -0.2) is 4.79 Å². The van der Waals surface area contributed by atoms with Crippen molar-refractivity contribution in [2.75, 3.05) is 7.11 Å². The fourth-order valence-corrected chi connectivity index (χ4v) is 1.43. The molecular formula is C10H9NO4. The lowest BCUT2D eigenvalue weighted by molar-refractivity contribution is -0.140. The summed E-state index contributed by atoms with van der Waals surface area (Å²) in [4.78, 5) is 15.2. The second-order valence-corrected chi connectivity index (χ2v) is 3.16. The number of rotatable bonds is 1. The van der Waals surface area contributed by atoms with Crippen LogP contribution < -0.4 is 10.6 Å². The topological polar surface area (TPSA) is 79.1 Å². The van der Waals surface area contributed by atoms with Crippen LogP contribution in [0.1, 0.15) is 0 Å². The van der Waals surface area contributed by atoms with E-state index in [1.54, 1.807) is 6.08 Å². The average Bonchev–Trinajstić information content (AvgIpc) is 2.60. The lowest BCUT2D eigenvalue weighted by Crippen LogP contribution is -2.20. The van der Waals surface area contributed by atoms with Gasteiger partial charge in [-0.1, -0.05) is 0 Å². The normalized spacial score (nSPS) is 17.5. The first-order valence-corrected chi connectivity index (χ1v) is 4.31. The predicted molar refractivity (Wildman–Crippen MR) is 50.8 cm³/mol. The van der Waals surface area contributed by atoms with Crippen LogP contribution >= 0.6 is 0 Å². The predicted octanol–water partition coefficient (Wildman–Crippen LogP) is -0.947. The number of hydrogen-bond acceptors (Lipinski definition) is 5. The third-order valence-corrected chi connectivity index (χ3v) is 2.18. The molecule has 0 amide bonds. The van der Waals surface area contributed by atoms with Gasteiger partial charge in [-0.2, -0.15) is 0 Å². The third-order valence-electron chi connectivity index (χ3n) is 2.18. The second kappa shape index (κ2) is 3.27. The van der Waals surface area contributed by atoms with Crippen LogP contribution in [0.25, 0.3) is 6.08 Å². The van der Waals surface area contributed by atoms with Gasteiger partial charge in [-0.3, -0.25) is 4.99 Å². The van der Waals surface area contributed by atoms with Crippen LogP contribution in [-0.2, 0) is 9.53 Å². The molecule has 0 bridgehead atoms. The zero-order valence-electron chi connectivity index (χ0n) is 7.97. The standard InChI is InChI=1S/C10H9NO4/c1-15-10(14)7-2-5-3-8(12)9(13)4-6(5)11-7/h2-4,7,12-13H,1H3/t7-/m1/s1. The number of methoxy groups -OCH3 is 1. The first-order chi connectivity index (χ1) is 7.11. The summed E-state index contributed by atoms with van der Waals surface area (Å²) in [5.41, 5.74) is 0. The summed E-state index contributed by atoms with van der Waals surface area (Å²) in [5.74, 6) is -0.952. The molecule has 0 fully saturated rings. The van der Waals surface area contributed by atoms with Crippen LogP contribution in [0, 0.1) is 0 Å². The highest BCUT2D eigenvalue weighted by molar-refractivity contribution is 5.83. The molecule has 5 nitrogen and oxygen atoms in total. The maximum absolute atomic E-state index is 11.2. The van der Waals surface area contributed by atoms with Crippen LogP contribution in [0.2, 0.25) is 0 Å². The highest BCUT2D eigenvalue weighted by atomic mass is 16.5. The van der Waals surface area contributed by atoms with E-state index in [4.69, 9.17) is 0 Å². The highest BCUT2D eigenvalue weighted by Gasteiger charge is 2.18. The molecule has 0 aliphatic carbocycles. The van der Waals surface area contributed by atoms with Crippen molar-refractivity contribution in [2.45, 2.75) is 6.04 Å². The number of ether oxygens (including phenoxy) is 1. The molecular weight excluding hydrogens is 198 g/mol. The Bertz CT molecular complexity index is 494. The molecule has 78 valence electrons. The van der Waals surface area contributed by atoms with Crippen LogP contribution in [0.4, 0.5) is 0 Å². The molecule has 1 aromatic rings. The van der Waals surface area contributed by atoms with Gasteiger partial charge in [0.05, 0.1) is 12.5 Å². The van der Waals surface area contributed by atoms with Gasteiger partial charge < -0.3 is 14.9 Å². The Labute approximate surface area is 85.0 Å². The molecule has 0 spiro atoms. The van der Waals surface area contributed by atoms with Gasteiger partial charge in [0.1, 0.15) is 0 Å². The molecule has 2 N–H and O–H groups in total. The van der Waals surface area contributed by atoms with E-state index < -0.39 is 12.0 Å². The molecule has 0 unspecified atom stereocenters. The van der Waals surface area contributed by atoms with Gasteiger partial charge in [0, 0.05) is 11.3 Å². The van der Waals surface area contributed by atoms with Crippen molar-refractivity contribution in [1.82, 2.24) is 0 Å². The average molecular weight is 207 g/mol.